The molecule has 0 atom stereocenters. The van der Waals surface area contributed by atoms with Gasteiger partial charge in [0.25, 0.3) is 0 Å². The first-order chi connectivity index (χ1) is 6.81. The number of carbonyl (C=O) groups excluding carboxylic acids is 1. The van der Waals surface area contributed by atoms with Crippen molar-refractivity contribution in [2.24, 2.45) is 0 Å². The summed E-state index contributed by atoms with van der Waals surface area (Å²) in [6, 6.07) is 11.2. The van der Waals surface area contributed by atoms with Crippen LogP contribution in [0.3, 0.4) is 0 Å². The van der Waals surface area contributed by atoms with Gasteiger partial charge in [-0.25, -0.2) is 4.98 Å². The van der Waals surface area contributed by atoms with Crippen molar-refractivity contribution < 1.29 is 4.79 Å². The monoisotopic (exact) mass is 241 g/mol. The number of pyridine rings is 1. The summed E-state index contributed by atoms with van der Waals surface area (Å²) in [5.41, 5.74) is 1.25. The van der Waals surface area contributed by atoms with Gasteiger partial charge in [0.2, 0.25) is 0 Å². The van der Waals surface area contributed by atoms with E-state index in [2.05, 4.69) is 4.98 Å². The minimum absolute atomic E-state index is 0. The maximum atomic E-state index is 11.3. The summed E-state index contributed by atoms with van der Waals surface area (Å²) in [7, 11) is 0. The standard InChI is InChI=1S/C11H8ClNO.ClH/c12-7-11(14)10-6-5-8-3-1-2-4-9(8)13-10;/h1-6H,7H2;1H. The Bertz CT molecular complexity index is 485. The fourth-order valence-corrected chi connectivity index (χ4v) is 1.43. The summed E-state index contributed by atoms with van der Waals surface area (Å²) >= 11 is 5.45. The van der Waals surface area contributed by atoms with E-state index in [1.54, 1.807) is 6.07 Å². The number of benzene rings is 1. The highest BCUT2D eigenvalue weighted by molar-refractivity contribution is 6.30. The van der Waals surface area contributed by atoms with Crippen LogP contribution in [-0.4, -0.2) is 16.6 Å². The van der Waals surface area contributed by atoms with Crippen molar-refractivity contribution in [2.75, 3.05) is 5.88 Å². The Morgan fingerprint density at radius 3 is 2.67 bits per heavy atom. The van der Waals surface area contributed by atoms with E-state index in [0.29, 0.717) is 5.69 Å². The lowest BCUT2D eigenvalue weighted by Gasteiger charge is -1.99. The molecule has 78 valence electrons. The summed E-state index contributed by atoms with van der Waals surface area (Å²) in [5, 5.41) is 1.03. The smallest absolute Gasteiger partial charge is 0.195 e. The van der Waals surface area contributed by atoms with Gasteiger partial charge in [-0.3, -0.25) is 4.79 Å². The van der Waals surface area contributed by atoms with Gasteiger partial charge in [0.15, 0.2) is 5.78 Å². The maximum Gasteiger partial charge on any atom is 0.195 e. The normalized spacial score (nSPS) is 9.67. The first-order valence-electron chi connectivity index (χ1n) is 4.26. The zero-order valence-electron chi connectivity index (χ0n) is 7.81. The number of fused-ring (bicyclic) bond motifs is 1. The molecule has 1 aromatic carbocycles. The van der Waals surface area contributed by atoms with E-state index in [4.69, 9.17) is 11.6 Å². The lowest BCUT2D eigenvalue weighted by atomic mass is 10.2. The van der Waals surface area contributed by atoms with Gasteiger partial charge in [0, 0.05) is 5.39 Å². The third kappa shape index (κ3) is 2.46. The van der Waals surface area contributed by atoms with Crippen LogP contribution in [0.5, 0.6) is 0 Å². The molecule has 0 aliphatic carbocycles. The summed E-state index contributed by atoms with van der Waals surface area (Å²) < 4.78 is 0. The minimum Gasteiger partial charge on any atom is -0.291 e. The summed E-state index contributed by atoms with van der Waals surface area (Å²) in [6.45, 7) is 0. The molecule has 0 saturated carbocycles. The fourth-order valence-electron chi connectivity index (χ4n) is 1.29. The Labute approximate surface area is 98.7 Å². The van der Waals surface area contributed by atoms with Crippen molar-refractivity contribution in [3.63, 3.8) is 0 Å². The number of ketones is 1. The van der Waals surface area contributed by atoms with Gasteiger partial charge in [-0.2, -0.15) is 0 Å². The molecule has 0 amide bonds. The zero-order chi connectivity index (χ0) is 9.97. The number of nitrogens with zero attached hydrogens (tertiary/aromatic N) is 1. The van der Waals surface area contributed by atoms with Crippen LogP contribution in [-0.2, 0) is 0 Å². The SMILES string of the molecule is Cl.O=C(CCl)c1ccc2ccccc2n1. The molecule has 2 nitrogen and oxygen atoms in total. The van der Waals surface area contributed by atoms with Crippen LogP contribution in [0.1, 0.15) is 10.5 Å². The lowest BCUT2D eigenvalue weighted by Crippen LogP contribution is -2.02. The van der Waals surface area contributed by atoms with Crippen LogP contribution in [0.2, 0.25) is 0 Å². The summed E-state index contributed by atoms with van der Waals surface area (Å²) in [4.78, 5) is 15.5. The molecule has 0 bridgehead atoms. The molecule has 0 aliphatic heterocycles. The van der Waals surface area contributed by atoms with Crippen molar-refractivity contribution >= 4 is 40.7 Å². The van der Waals surface area contributed by atoms with Gasteiger partial charge in [-0.1, -0.05) is 24.3 Å². The number of aromatic nitrogens is 1. The van der Waals surface area contributed by atoms with E-state index in [1.165, 1.54) is 0 Å². The minimum atomic E-state index is -0.141. The van der Waals surface area contributed by atoms with Gasteiger partial charge >= 0.3 is 0 Å². The van der Waals surface area contributed by atoms with Crippen molar-refractivity contribution in [1.29, 1.82) is 0 Å². The fraction of sp³-hybridized carbons (Fsp3) is 0.0909. The van der Waals surface area contributed by atoms with Crippen molar-refractivity contribution in [3.05, 3.63) is 42.1 Å². The molecule has 2 aromatic rings. The van der Waals surface area contributed by atoms with E-state index >= 15 is 0 Å². The Morgan fingerprint density at radius 1 is 1.20 bits per heavy atom. The van der Waals surface area contributed by atoms with Crippen LogP contribution in [0.25, 0.3) is 10.9 Å². The molecule has 0 saturated heterocycles. The summed E-state index contributed by atoms with van der Waals surface area (Å²) in [5.74, 6) is -0.164. The predicted octanol–water partition coefficient (Wildman–Crippen LogP) is 3.08. The second-order valence-electron chi connectivity index (χ2n) is 2.95. The van der Waals surface area contributed by atoms with Gasteiger partial charge in [-0.05, 0) is 12.1 Å². The van der Waals surface area contributed by atoms with Gasteiger partial charge in [0.1, 0.15) is 5.69 Å². The largest absolute Gasteiger partial charge is 0.291 e. The van der Waals surface area contributed by atoms with E-state index in [9.17, 15) is 4.79 Å². The first-order valence-corrected chi connectivity index (χ1v) is 4.79. The number of alkyl halides is 1. The van der Waals surface area contributed by atoms with E-state index in [1.807, 2.05) is 30.3 Å². The number of para-hydroxylation sites is 1. The molecule has 0 radical (unpaired) electrons. The molecule has 0 N–H and O–H groups in total. The molecule has 4 heteroatoms. The third-order valence-electron chi connectivity index (χ3n) is 2.01. The number of carbonyl (C=O) groups is 1. The average molecular weight is 242 g/mol. The lowest BCUT2D eigenvalue weighted by molar-refractivity contribution is 0.101. The Morgan fingerprint density at radius 2 is 1.93 bits per heavy atom. The highest BCUT2D eigenvalue weighted by Crippen LogP contribution is 2.12. The Hall–Kier alpha value is -1.12. The molecule has 0 aliphatic rings. The Kier molecular flexibility index (Phi) is 4.06. The third-order valence-corrected chi connectivity index (χ3v) is 2.25. The summed E-state index contributed by atoms with van der Waals surface area (Å²) in [6.07, 6.45) is 0. The van der Waals surface area contributed by atoms with Gasteiger partial charge in [0.05, 0.1) is 11.4 Å². The quantitative estimate of drug-likeness (QED) is 0.598. The number of hydrogen-bond acceptors (Lipinski definition) is 2. The number of rotatable bonds is 2. The molecule has 1 aromatic heterocycles. The van der Waals surface area contributed by atoms with Crippen LogP contribution in [0, 0.1) is 0 Å². The molecule has 0 spiro atoms. The second kappa shape index (κ2) is 5.10. The van der Waals surface area contributed by atoms with Gasteiger partial charge < -0.3 is 0 Å². The number of halogens is 2. The molecule has 0 fully saturated rings. The second-order valence-corrected chi connectivity index (χ2v) is 3.21. The molecular formula is C11H9Cl2NO. The predicted molar refractivity (Wildman–Crippen MR) is 64.0 cm³/mol. The maximum absolute atomic E-state index is 11.3. The van der Waals surface area contributed by atoms with Crippen LogP contribution in [0.15, 0.2) is 36.4 Å². The van der Waals surface area contributed by atoms with Crippen molar-refractivity contribution in [1.82, 2.24) is 4.98 Å². The van der Waals surface area contributed by atoms with E-state index in [-0.39, 0.29) is 24.1 Å². The van der Waals surface area contributed by atoms with Gasteiger partial charge in [-0.15, -0.1) is 24.0 Å². The topological polar surface area (TPSA) is 30.0 Å². The van der Waals surface area contributed by atoms with Crippen molar-refractivity contribution in [2.45, 2.75) is 0 Å². The molecule has 0 unspecified atom stereocenters. The van der Waals surface area contributed by atoms with E-state index < -0.39 is 0 Å². The highest BCUT2D eigenvalue weighted by atomic mass is 35.5. The molecular weight excluding hydrogens is 233 g/mol. The molecule has 15 heavy (non-hydrogen) atoms. The number of hydrogen-bond donors (Lipinski definition) is 0. The highest BCUT2D eigenvalue weighted by Gasteiger charge is 2.05. The van der Waals surface area contributed by atoms with Crippen LogP contribution in [0.4, 0.5) is 0 Å². The molecule has 2 rings (SSSR count). The van der Waals surface area contributed by atoms with Crippen LogP contribution < -0.4 is 0 Å². The Balaban J connectivity index is 0.00000112. The zero-order valence-corrected chi connectivity index (χ0v) is 9.39. The first kappa shape index (κ1) is 12.0. The number of Topliss-reactive ketones (excluding diaryl/α,β-unsaturated/α-hetero) is 1. The van der Waals surface area contributed by atoms with Crippen molar-refractivity contribution in [3.8, 4) is 0 Å². The molecule has 1 heterocycles. The average Bonchev–Trinajstić information content (AvgIpc) is 2.27. The van der Waals surface area contributed by atoms with E-state index in [0.717, 1.165) is 10.9 Å². The van der Waals surface area contributed by atoms with Crippen LogP contribution >= 0.6 is 24.0 Å².